The van der Waals surface area contributed by atoms with Crippen LogP contribution in [0.3, 0.4) is 0 Å². The second-order valence-electron chi connectivity index (χ2n) is 4.34. The third-order valence-electron chi connectivity index (χ3n) is 2.81. The van der Waals surface area contributed by atoms with Gasteiger partial charge < -0.3 is 10.6 Å². The number of hydrogen-bond donors (Lipinski definition) is 2. The minimum absolute atomic E-state index is 0.146. The summed E-state index contributed by atoms with van der Waals surface area (Å²) < 4.78 is 13.2. The fourth-order valence-corrected chi connectivity index (χ4v) is 1.82. The lowest BCUT2D eigenvalue weighted by molar-refractivity contribution is 0.102. The third-order valence-corrected chi connectivity index (χ3v) is 2.81. The van der Waals surface area contributed by atoms with E-state index in [1.807, 2.05) is 6.92 Å². The van der Waals surface area contributed by atoms with Gasteiger partial charge in [-0.25, -0.2) is 9.37 Å². The molecule has 0 unspecified atom stereocenters. The van der Waals surface area contributed by atoms with Crippen LogP contribution in [0.1, 0.15) is 21.7 Å². The van der Waals surface area contributed by atoms with Gasteiger partial charge in [0.25, 0.3) is 5.91 Å². The Labute approximate surface area is 116 Å². The van der Waals surface area contributed by atoms with Gasteiger partial charge in [-0.05, 0) is 32.0 Å². The van der Waals surface area contributed by atoms with Crippen LogP contribution in [0, 0.1) is 19.7 Å². The molecule has 0 aromatic carbocycles. The zero-order chi connectivity index (χ0) is 14.7. The van der Waals surface area contributed by atoms with Crippen LogP contribution in [0.4, 0.5) is 15.9 Å². The molecular formula is C14H15FN4O. The van der Waals surface area contributed by atoms with Crippen molar-refractivity contribution in [1.82, 2.24) is 9.97 Å². The van der Waals surface area contributed by atoms with Gasteiger partial charge in [0.2, 0.25) is 0 Å². The molecule has 0 saturated carbocycles. The van der Waals surface area contributed by atoms with E-state index in [0.717, 1.165) is 18.0 Å². The van der Waals surface area contributed by atoms with Gasteiger partial charge in [-0.3, -0.25) is 9.78 Å². The van der Waals surface area contributed by atoms with Crippen molar-refractivity contribution in [3.8, 4) is 0 Å². The fourth-order valence-electron chi connectivity index (χ4n) is 1.82. The number of anilines is 2. The molecule has 0 atom stereocenters. The summed E-state index contributed by atoms with van der Waals surface area (Å²) >= 11 is 0. The molecule has 2 aromatic heterocycles. The Bertz CT molecular complexity index is 658. The number of carbonyl (C=O) groups is 1. The number of pyridine rings is 2. The van der Waals surface area contributed by atoms with Crippen LogP contribution in [0.25, 0.3) is 0 Å². The molecule has 6 heteroatoms. The minimum atomic E-state index is -0.562. The highest BCUT2D eigenvalue weighted by atomic mass is 19.1. The smallest absolute Gasteiger partial charge is 0.259 e. The Morgan fingerprint density at radius 2 is 2.05 bits per heavy atom. The zero-order valence-corrected chi connectivity index (χ0v) is 11.5. The first kappa shape index (κ1) is 13.9. The van der Waals surface area contributed by atoms with Crippen LogP contribution in [-0.4, -0.2) is 22.9 Å². The maximum atomic E-state index is 13.2. The van der Waals surface area contributed by atoms with Gasteiger partial charge in [0.05, 0.1) is 23.1 Å². The van der Waals surface area contributed by atoms with Crippen molar-refractivity contribution in [3.63, 3.8) is 0 Å². The molecule has 0 aliphatic rings. The molecule has 104 valence electrons. The lowest BCUT2D eigenvalue weighted by Crippen LogP contribution is -2.16. The summed E-state index contributed by atoms with van der Waals surface area (Å²) in [5.74, 6) is -0.676. The van der Waals surface area contributed by atoms with Gasteiger partial charge in [-0.15, -0.1) is 0 Å². The predicted octanol–water partition coefficient (Wildman–Crippen LogP) is 2.53. The molecule has 0 aliphatic heterocycles. The highest BCUT2D eigenvalue weighted by Crippen LogP contribution is 2.18. The molecule has 2 heterocycles. The number of aryl methyl sites for hydroxylation is 2. The van der Waals surface area contributed by atoms with E-state index < -0.39 is 11.7 Å². The van der Waals surface area contributed by atoms with E-state index in [9.17, 15) is 9.18 Å². The maximum absolute atomic E-state index is 13.2. The molecule has 2 aromatic rings. The normalized spacial score (nSPS) is 10.2. The van der Waals surface area contributed by atoms with Gasteiger partial charge >= 0.3 is 0 Å². The zero-order valence-electron chi connectivity index (χ0n) is 11.5. The minimum Gasteiger partial charge on any atom is -0.372 e. The Hall–Kier alpha value is -2.50. The van der Waals surface area contributed by atoms with E-state index in [1.165, 1.54) is 0 Å². The lowest BCUT2D eigenvalue weighted by Gasteiger charge is -2.11. The van der Waals surface area contributed by atoms with Crippen LogP contribution in [0.5, 0.6) is 0 Å². The summed E-state index contributed by atoms with van der Waals surface area (Å²) in [6, 6.07) is 4.71. The maximum Gasteiger partial charge on any atom is 0.259 e. The molecule has 0 fully saturated rings. The van der Waals surface area contributed by atoms with Crippen LogP contribution in [-0.2, 0) is 0 Å². The van der Waals surface area contributed by atoms with Crippen molar-refractivity contribution in [2.45, 2.75) is 13.8 Å². The number of amides is 1. The molecular weight excluding hydrogens is 259 g/mol. The monoisotopic (exact) mass is 274 g/mol. The molecule has 1 amide bonds. The van der Waals surface area contributed by atoms with Crippen molar-refractivity contribution >= 4 is 17.4 Å². The lowest BCUT2D eigenvalue weighted by atomic mass is 10.2. The van der Waals surface area contributed by atoms with Gasteiger partial charge in [0.1, 0.15) is 11.6 Å². The van der Waals surface area contributed by atoms with Gasteiger partial charge in [-0.1, -0.05) is 0 Å². The summed E-state index contributed by atoms with van der Waals surface area (Å²) in [4.78, 5) is 20.3. The number of hydrogen-bond acceptors (Lipinski definition) is 4. The summed E-state index contributed by atoms with van der Waals surface area (Å²) in [7, 11) is 1.62. The van der Waals surface area contributed by atoms with Crippen LogP contribution >= 0.6 is 0 Å². The van der Waals surface area contributed by atoms with E-state index in [-0.39, 0.29) is 5.56 Å². The van der Waals surface area contributed by atoms with Crippen LogP contribution in [0.2, 0.25) is 0 Å². The van der Waals surface area contributed by atoms with Crippen LogP contribution < -0.4 is 10.6 Å². The number of nitrogens with one attached hydrogen (secondary N) is 2. The van der Waals surface area contributed by atoms with E-state index >= 15 is 0 Å². The average molecular weight is 274 g/mol. The third kappa shape index (κ3) is 2.90. The highest BCUT2D eigenvalue weighted by Gasteiger charge is 2.14. The van der Waals surface area contributed by atoms with E-state index in [1.54, 1.807) is 26.1 Å². The van der Waals surface area contributed by atoms with Crippen molar-refractivity contribution in [3.05, 3.63) is 47.2 Å². The van der Waals surface area contributed by atoms with Crippen LogP contribution in [0.15, 0.2) is 24.4 Å². The molecule has 5 nitrogen and oxygen atoms in total. The Balaban J connectivity index is 2.30. The molecule has 0 spiro atoms. The van der Waals surface area contributed by atoms with Gasteiger partial charge in [0.15, 0.2) is 0 Å². The standard InChI is InChI=1S/C14H15FN4O/c1-8-4-5-12(9(2)18-8)19-14(20)11-6-10(15)7-17-13(11)16-3/h4-7H,1-3H3,(H,16,17)(H,19,20). The largest absolute Gasteiger partial charge is 0.372 e. The van der Waals surface area contributed by atoms with E-state index in [2.05, 4.69) is 20.6 Å². The first-order valence-corrected chi connectivity index (χ1v) is 6.10. The Morgan fingerprint density at radius 3 is 2.70 bits per heavy atom. The summed E-state index contributed by atoms with van der Waals surface area (Å²) in [5, 5.41) is 5.47. The second-order valence-corrected chi connectivity index (χ2v) is 4.34. The molecule has 0 bridgehead atoms. The van der Waals surface area contributed by atoms with E-state index in [4.69, 9.17) is 0 Å². The van der Waals surface area contributed by atoms with Crippen molar-refractivity contribution in [2.24, 2.45) is 0 Å². The highest BCUT2D eigenvalue weighted by molar-refractivity contribution is 6.07. The molecule has 2 N–H and O–H groups in total. The molecule has 0 aliphatic carbocycles. The van der Waals surface area contributed by atoms with Gasteiger partial charge in [-0.2, -0.15) is 0 Å². The first-order valence-electron chi connectivity index (χ1n) is 6.10. The number of carbonyl (C=O) groups excluding carboxylic acids is 1. The van der Waals surface area contributed by atoms with Gasteiger partial charge in [0, 0.05) is 12.7 Å². The van der Waals surface area contributed by atoms with E-state index in [0.29, 0.717) is 17.2 Å². The fraction of sp³-hybridized carbons (Fsp3) is 0.214. The number of halogens is 1. The number of aromatic nitrogens is 2. The average Bonchev–Trinajstić information content (AvgIpc) is 2.41. The van der Waals surface area contributed by atoms with Crippen molar-refractivity contribution in [2.75, 3.05) is 17.7 Å². The first-order chi connectivity index (χ1) is 9.51. The Kier molecular flexibility index (Phi) is 3.93. The number of rotatable bonds is 3. The molecule has 0 saturated heterocycles. The summed E-state index contributed by atoms with van der Waals surface area (Å²) in [6.07, 6.45) is 1.06. The Morgan fingerprint density at radius 1 is 1.30 bits per heavy atom. The van der Waals surface area contributed by atoms with Crippen molar-refractivity contribution in [1.29, 1.82) is 0 Å². The topological polar surface area (TPSA) is 66.9 Å². The second kappa shape index (κ2) is 5.64. The predicted molar refractivity (Wildman–Crippen MR) is 75.4 cm³/mol. The molecule has 20 heavy (non-hydrogen) atoms. The quantitative estimate of drug-likeness (QED) is 0.902. The summed E-state index contributed by atoms with van der Waals surface area (Å²) in [5.41, 5.74) is 2.30. The molecule has 0 radical (unpaired) electrons. The number of nitrogens with zero attached hydrogens (tertiary/aromatic N) is 2. The molecule has 2 rings (SSSR count). The SMILES string of the molecule is CNc1ncc(F)cc1C(=O)Nc1ccc(C)nc1C. The summed E-state index contributed by atoms with van der Waals surface area (Å²) in [6.45, 7) is 3.67. The van der Waals surface area contributed by atoms with Crippen molar-refractivity contribution < 1.29 is 9.18 Å².